The van der Waals surface area contributed by atoms with E-state index in [0.29, 0.717) is 30.3 Å². The fraction of sp³-hybridized carbons (Fsp3) is 0.364. The Morgan fingerprint density at radius 1 is 1.29 bits per heavy atom. The fourth-order valence-electron chi connectivity index (χ4n) is 1.59. The molecule has 0 fully saturated rings. The van der Waals surface area contributed by atoms with E-state index in [1.165, 1.54) is 0 Å². The molecule has 1 heterocycles. The van der Waals surface area contributed by atoms with Crippen LogP contribution in [0.1, 0.15) is 11.7 Å². The Labute approximate surface area is 97.6 Å². The molecule has 0 unspecified atom stereocenters. The molecule has 92 valence electrons. The summed E-state index contributed by atoms with van der Waals surface area (Å²) in [6.07, 6.45) is -1.27. The lowest BCUT2D eigenvalue weighted by Gasteiger charge is -2.21. The molecule has 1 aliphatic heterocycles. The smallest absolute Gasteiger partial charge is 0.323 e. The van der Waals surface area contributed by atoms with E-state index in [9.17, 15) is 9.90 Å². The van der Waals surface area contributed by atoms with Crippen molar-refractivity contribution >= 4 is 5.97 Å². The van der Waals surface area contributed by atoms with Crippen LogP contribution in [0.4, 0.5) is 0 Å². The first-order chi connectivity index (χ1) is 8.09. The van der Waals surface area contributed by atoms with Crippen LogP contribution in [0.15, 0.2) is 18.2 Å². The van der Waals surface area contributed by atoms with Crippen LogP contribution in [0.3, 0.4) is 0 Å². The van der Waals surface area contributed by atoms with Gasteiger partial charge in [0.2, 0.25) is 0 Å². The Kier molecular flexibility index (Phi) is 3.16. The van der Waals surface area contributed by atoms with Crippen molar-refractivity contribution in [2.45, 2.75) is 12.1 Å². The van der Waals surface area contributed by atoms with Crippen molar-refractivity contribution in [2.24, 2.45) is 5.73 Å². The molecule has 6 nitrogen and oxygen atoms in total. The minimum Gasteiger partial charge on any atom is -0.486 e. The van der Waals surface area contributed by atoms with Crippen molar-refractivity contribution in [3.8, 4) is 11.5 Å². The van der Waals surface area contributed by atoms with Crippen LogP contribution in [0.5, 0.6) is 11.5 Å². The first kappa shape index (κ1) is 11.7. The van der Waals surface area contributed by atoms with Gasteiger partial charge in [-0.05, 0) is 17.7 Å². The van der Waals surface area contributed by atoms with E-state index >= 15 is 0 Å². The first-order valence-electron chi connectivity index (χ1n) is 5.15. The number of rotatable bonds is 3. The Bertz CT molecular complexity index is 434. The van der Waals surface area contributed by atoms with E-state index < -0.39 is 18.1 Å². The van der Waals surface area contributed by atoms with Gasteiger partial charge in [0.05, 0.1) is 0 Å². The number of aliphatic hydroxyl groups is 1. The van der Waals surface area contributed by atoms with Gasteiger partial charge in [0.1, 0.15) is 25.4 Å². The highest BCUT2D eigenvalue weighted by atomic mass is 16.6. The predicted molar refractivity (Wildman–Crippen MR) is 58.0 cm³/mol. The van der Waals surface area contributed by atoms with Gasteiger partial charge < -0.3 is 25.4 Å². The van der Waals surface area contributed by atoms with Crippen molar-refractivity contribution in [3.63, 3.8) is 0 Å². The Balaban J connectivity index is 2.24. The molecule has 17 heavy (non-hydrogen) atoms. The number of ether oxygens (including phenoxy) is 2. The van der Waals surface area contributed by atoms with Crippen molar-refractivity contribution in [1.29, 1.82) is 0 Å². The maximum atomic E-state index is 10.7. The number of hydrogen-bond donors (Lipinski definition) is 3. The number of carbonyl (C=O) groups is 1. The number of carboxylic acids is 1. The normalized spacial score (nSPS) is 17.3. The third-order valence-corrected chi connectivity index (χ3v) is 2.53. The van der Waals surface area contributed by atoms with Crippen LogP contribution < -0.4 is 15.2 Å². The van der Waals surface area contributed by atoms with Gasteiger partial charge in [0.15, 0.2) is 11.5 Å². The van der Waals surface area contributed by atoms with Gasteiger partial charge in [0, 0.05) is 0 Å². The molecule has 0 radical (unpaired) electrons. The summed E-state index contributed by atoms with van der Waals surface area (Å²) < 4.78 is 10.6. The molecule has 4 N–H and O–H groups in total. The number of fused-ring (bicyclic) bond motifs is 1. The van der Waals surface area contributed by atoms with Crippen LogP contribution >= 0.6 is 0 Å². The topological polar surface area (TPSA) is 102 Å². The Morgan fingerprint density at radius 2 is 1.94 bits per heavy atom. The first-order valence-corrected chi connectivity index (χ1v) is 5.15. The Hall–Kier alpha value is -1.79. The van der Waals surface area contributed by atoms with Crippen LogP contribution in [0, 0.1) is 0 Å². The van der Waals surface area contributed by atoms with Crippen molar-refractivity contribution in [3.05, 3.63) is 23.8 Å². The average molecular weight is 239 g/mol. The molecule has 0 aliphatic carbocycles. The van der Waals surface area contributed by atoms with Crippen molar-refractivity contribution in [1.82, 2.24) is 0 Å². The van der Waals surface area contributed by atoms with Crippen LogP contribution in [0.2, 0.25) is 0 Å². The van der Waals surface area contributed by atoms with Gasteiger partial charge in [0.25, 0.3) is 0 Å². The molecular weight excluding hydrogens is 226 g/mol. The maximum Gasteiger partial charge on any atom is 0.323 e. The fourth-order valence-corrected chi connectivity index (χ4v) is 1.59. The highest BCUT2D eigenvalue weighted by molar-refractivity contribution is 5.74. The number of benzene rings is 1. The average Bonchev–Trinajstić information content (AvgIpc) is 2.36. The van der Waals surface area contributed by atoms with Gasteiger partial charge in [-0.3, -0.25) is 4.79 Å². The summed E-state index contributed by atoms with van der Waals surface area (Å²) in [5.74, 6) is -0.186. The standard InChI is InChI=1S/C11H13NO5/c12-9(11(14)15)10(13)6-1-2-7-8(5-6)17-4-3-16-7/h1-2,5,9-10,13H,3-4,12H2,(H,14,15)/t9-,10+/m0/s1. The molecule has 0 amide bonds. The molecule has 0 saturated carbocycles. The van der Waals surface area contributed by atoms with Crippen LogP contribution in [-0.2, 0) is 4.79 Å². The zero-order valence-corrected chi connectivity index (χ0v) is 9.00. The summed E-state index contributed by atoms with van der Waals surface area (Å²) in [7, 11) is 0. The third-order valence-electron chi connectivity index (χ3n) is 2.53. The van der Waals surface area contributed by atoms with Gasteiger partial charge in [-0.15, -0.1) is 0 Å². The second-order valence-corrected chi connectivity index (χ2v) is 3.71. The Morgan fingerprint density at radius 3 is 2.59 bits per heavy atom. The van der Waals surface area contributed by atoms with Gasteiger partial charge in [-0.2, -0.15) is 0 Å². The maximum absolute atomic E-state index is 10.7. The van der Waals surface area contributed by atoms with Crippen LogP contribution in [0.25, 0.3) is 0 Å². The van der Waals surface area contributed by atoms with E-state index in [1.807, 2.05) is 0 Å². The van der Waals surface area contributed by atoms with E-state index in [-0.39, 0.29) is 0 Å². The van der Waals surface area contributed by atoms with E-state index in [0.717, 1.165) is 0 Å². The minimum atomic E-state index is -1.36. The lowest BCUT2D eigenvalue weighted by Crippen LogP contribution is -2.36. The molecule has 6 heteroatoms. The summed E-state index contributed by atoms with van der Waals surface area (Å²) in [5.41, 5.74) is 5.74. The van der Waals surface area contributed by atoms with Crippen molar-refractivity contribution in [2.75, 3.05) is 13.2 Å². The predicted octanol–water partition coefficient (Wildman–Crippen LogP) is -0.0969. The molecule has 2 atom stereocenters. The molecular formula is C11H13NO5. The molecule has 1 aliphatic rings. The van der Waals surface area contributed by atoms with E-state index in [1.54, 1.807) is 18.2 Å². The second-order valence-electron chi connectivity index (χ2n) is 3.71. The number of hydrogen-bond acceptors (Lipinski definition) is 5. The lowest BCUT2D eigenvalue weighted by atomic mass is 10.0. The largest absolute Gasteiger partial charge is 0.486 e. The lowest BCUT2D eigenvalue weighted by molar-refractivity contribution is -0.141. The molecule has 1 aromatic rings. The highest BCUT2D eigenvalue weighted by Gasteiger charge is 2.25. The molecule has 1 aromatic carbocycles. The number of nitrogens with two attached hydrogens (primary N) is 1. The number of aliphatic carboxylic acids is 1. The number of carboxylic acid groups (broad SMARTS) is 1. The van der Waals surface area contributed by atoms with Crippen molar-refractivity contribution < 1.29 is 24.5 Å². The van der Waals surface area contributed by atoms with Crippen LogP contribution in [-0.4, -0.2) is 35.4 Å². The molecule has 0 aromatic heterocycles. The summed E-state index contributed by atoms with van der Waals surface area (Å²) in [6.45, 7) is 0.904. The van der Waals surface area contributed by atoms with Gasteiger partial charge in [-0.25, -0.2) is 0 Å². The number of aliphatic hydroxyl groups excluding tert-OH is 1. The summed E-state index contributed by atoms with van der Waals surface area (Å²) in [4.78, 5) is 10.7. The van der Waals surface area contributed by atoms with E-state index in [4.69, 9.17) is 20.3 Å². The molecule has 0 saturated heterocycles. The zero-order chi connectivity index (χ0) is 12.4. The highest BCUT2D eigenvalue weighted by Crippen LogP contribution is 2.33. The summed E-state index contributed by atoms with van der Waals surface area (Å²) >= 11 is 0. The van der Waals surface area contributed by atoms with Gasteiger partial charge in [-0.1, -0.05) is 6.07 Å². The summed E-state index contributed by atoms with van der Waals surface area (Å²) in [5, 5.41) is 18.5. The molecule has 0 bridgehead atoms. The zero-order valence-electron chi connectivity index (χ0n) is 9.00. The minimum absolute atomic E-state index is 0.393. The van der Waals surface area contributed by atoms with Gasteiger partial charge >= 0.3 is 5.97 Å². The third kappa shape index (κ3) is 2.32. The second kappa shape index (κ2) is 4.60. The molecule has 2 rings (SSSR count). The van der Waals surface area contributed by atoms with E-state index in [2.05, 4.69) is 0 Å². The SMILES string of the molecule is N[C@H](C(=O)O)[C@H](O)c1ccc2c(c1)OCCO2. The quantitative estimate of drug-likeness (QED) is 0.681. The molecule has 0 spiro atoms. The monoisotopic (exact) mass is 239 g/mol. The summed E-state index contributed by atoms with van der Waals surface area (Å²) in [6, 6.07) is 3.38.